The van der Waals surface area contributed by atoms with Gasteiger partial charge in [0.05, 0.1) is 19.6 Å². The minimum atomic E-state index is -0.0929. The van der Waals surface area contributed by atoms with Gasteiger partial charge in [-0.1, -0.05) is 42.5 Å². The van der Waals surface area contributed by atoms with Crippen molar-refractivity contribution in [2.45, 2.75) is 57.7 Å². The molecule has 2 aromatic carbocycles. The Labute approximate surface area is 196 Å². The first-order valence-corrected chi connectivity index (χ1v) is 12.1. The van der Waals surface area contributed by atoms with Crippen molar-refractivity contribution in [3.05, 3.63) is 65.7 Å². The number of hydrogen-bond donors (Lipinski definition) is 1. The maximum absolute atomic E-state index is 12.8. The van der Waals surface area contributed by atoms with Crippen LogP contribution in [0.2, 0.25) is 0 Å². The molecule has 2 aliphatic heterocycles. The van der Waals surface area contributed by atoms with Crippen molar-refractivity contribution in [3.8, 4) is 0 Å². The number of nitrogens with zero attached hydrogens (tertiary/aromatic N) is 2. The number of hydrogen-bond acceptors (Lipinski definition) is 4. The predicted molar refractivity (Wildman–Crippen MR) is 130 cm³/mol. The van der Waals surface area contributed by atoms with Crippen LogP contribution < -0.4 is 5.32 Å². The van der Waals surface area contributed by atoms with Gasteiger partial charge in [0.15, 0.2) is 0 Å². The lowest BCUT2D eigenvalue weighted by atomic mass is 10.0. The molecule has 6 heteroatoms. The molecule has 0 saturated carbocycles. The first-order chi connectivity index (χ1) is 16.1. The average molecular weight is 450 g/mol. The van der Waals surface area contributed by atoms with Gasteiger partial charge in [-0.25, -0.2) is 0 Å². The van der Waals surface area contributed by atoms with Crippen LogP contribution >= 0.6 is 0 Å². The second-order valence-electron chi connectivity index (χ2n) is 9.20. The van der Waals surface area contributed by atoms with Crippen LogP contribution in [0, 0.1) is 0 Å². The van der Waals surface area contributed by atoms with Crippen LogP contribution in [0.15, 0.2) is 54.6 Å². The summed E-state index contributed by atoms with van der Waals surface area (Å²) in [6.07, 6.45) is 4.89. The molecule has 0 radical (unpaired) electrons. The summed E-state index contributed by atoms with van der Waals surface area (Å²) in [5.74, 6) is 0.0922. The summed E-state index contributed by atoms with van der Waals surface area (Å²) in [6.45, 7) is 5.72. The third-order valence-corrected chi connectivity index (χ3v) is 6.76. The van der Waals surface area contributed by atoms with E-state index in [-0.39, 0.29) is 11.8 Å². The van der Waals surface area contributed by atoms with E-state index in [1.54, 1.807) is 0 Å². The minimum Gasteiger partial charge on any atom is -0.375 e. The summed E-state index contributed by atoms with van der Waals surface area (Å²) in [5.41, 5.74) is 2.96. The van der Waals surface area contributed by atoms with E-state index in [4.69, 9.17) is 4.74 Å². The zero-order valence-electron chi connectivity index (χ0n) is 19.5. The Morgan fingerprint density at radius 3 is 2.36 bits per heavy atom. The molecule has 0 bridgehead atoms. The van der Waals surface area contributed by atoms with E-state index in [2.05, 4.69) is 34.5 Å². The summed E-state index contributed by atoms with van der Waals surface area (Å²) < 4.78 is 6.05. The quantitative estimate of drug-likeness (QED) is 0.665. The van der Waals surface area contributed by atoms with Crippen molar-refractivity contribution in [2.75, 3.05) is 31.6 Å². The van der Waals surface area contributed by atoms with Crippen LogP contribution in [0.4, 0.5) is 5.69 Å². The molecule has 2 amide bonds. The van der Waals surface area contributed by atoms with Gasteiger partial charge in [0.1, 0.15) is 0 Å². The summed E-state index contributed by atoms with van der Waals surface area (Å²) in [4.78, 5) is 28.6. The van der Waals surface area contributed by atoms with Gasteiger partial charge in [-0.15, -0.1) is 0 Å². The fourth-order valence-electron chi connectivity index (χ4n) is 5.05. The number of rotatable bonds is 8. The fraction of sp³-hybridized carbons (Fsp3) is 0.481. The molecule has 0 unspecified atom stereocenters. The lowest BCUT2D eigenvalue weighted by molar-refractivity contribution is -0.132. The van der Waals surface area contributed by atoms with Crippen molar-refractivity contribution in [3.63, 3.8) is 0 Å². The molecule has 6 nitrogen and oxygen atoms in total. The highest BCUT2D eigenvalue weighted by Gasteiger charge is 2.33. The maximum Gasteiger partial charge on any atom is 0.226 e. The number of piperidine rings is 1. The second-order valence-corrected chi connectivity index (χ2v) is 9.20. The number of ether oxygens (including phenoxy) is 1. The number of benzene rings is 2. The van der Waals surface area contributed by atoms with Gasteiger partial charge in [-0.05, 0) is 55.5 Å². The minimum absolute atomic E-state index is 0.0929. The highest BCUT2D eigenvalue weighted by molar-refractivity contribution is 5.88. The van der Waals surface area contributed by atoms with Gasteiger partial charge in [-0.2, -0.15) is 0 Å². The summed E-state index contributed by atoms with van der Waals surface area (Å²) >= 11 is 0. The summed E-state index contributed by atoms with van der Waals surface area (Å²) in [5, 5.41) is 2.76. The van der Waals surface area contributed by atoms with Crippen molar-refractivity contribution < 1.29 is 14.3 Å². The van der Waals surface area contributed by atoms with Crippen LogP contribution in [0.5, 0.6) is 0 Å². The molecule has 0 spiro atoms. The van der Waals surface area contributed by atoms with Crippen LogP contribution in [0.1, 0.15) is 43.7 Å². The topological polar surface area (TPSA) is 61.9 Å². The Bertz CT molecular complexity index is 908. The van der Waals surface area contributed by atoms with Crippen molar-refractivity contribution in [2.24, 2.45) is 0 Å². The number of carbonyl (C=O) groups excluding carboxylic acids is 2. The molecule has 1 atom stereocenters. The third kappa shape index (κ3) is 6.65. The second kappa shape index (κ2) is 11.4. The monoisotopic (exact) mass is 449 g/mol. The molecule has 0 aromatic heterocycles. The molecule has 2 saturated heterocycles. The molecular weight excluding hydrogens is 414 g/mol. The van der Waals surface area contributed by atoms with Gasteiger partial charge in [0, 0.05) is 37.8 Å². The molecule has 4 rings (SSSR count). The molecule has 2 fully saturated rings. The number of nitrogens with one attached hydrogen (secondary N) is 1. The van der Waals surface area contributed by atoms with Crippen molar-refractivity contribution in [1.29, 1.82) is 0 Å². The number of amides is 2. The normalized spacial score (nSPS) is 19.5. The van der Waals surface area contributed by atoms with Crippen molar-refractivity contribution in [1.82, 2.24) is 9.80 Å². The van der Waals surface area contributed by atoms with Gasteiger partial charge in [-0.3, -0.25) is 14.5 Å². The molecule has 33 heavy (non-hydrogen) atoms. The van der Waals surface area contributed by atoms with E-state index in [9.17, 15) is 9.59 Å². The Morgan fingerprint density at radius 1 is 0.939 bits per heavy atom. The Balaban J connectivity index is 1.21. The lowest BCUT2D eigenvalue weighted by Gasteiger charge is -2.39. The Hall–Kier alpha value is -2.70. The van der Waals surface area contributed by atoms with Crippen LogP contribution in [0.25, 0.3) is 0 Å². The maximum atomic E-state index is 12.8. The van der Waals surface area contributed by atoms with Gasteiger partial charge in [0.25, 0.3) is 0 Å². The Morgan fingerprint density at radius 2 is 1.67 bits per heavy atom. The van der Waals surface area contributed by atoms with E-state index in [1.165, 1.54) is 25.3 Å². The highest BCUT2D eigenvalue weighted by Crippen LogP contribution is 2.27. The molecule has 1 N–H and O–H groups in total. The first kappa shape index (κ1) is 23.5. The molecule has 2 aromatic rings. The summed E-state index contributed by atoms with van der Waals surface area (Å²) in [7, 11) is 0. The van der Waals surface area contributed by atoms with Gasteiger partial charge in [0.2, 0.25) is 11.8 Å². The van der Waals surface area contributed by atoms with E-state index in [0.717, 1.165) is 50.3 Å². The zero-order valence-corrected chi connectivity index (χ0v) is 19.5. The molecule has 2 heterocycles. The van der Waals surface area contributed by atoms with Crippen LogP contribution in [0.3, 0.4) is 0 Å². The largest absolute Gasteiger partial charge is 0.375 e. The average Bonchev–Trinajstić information content (AvgIpc) is 3.29. The standard InChI is InChI=1S/C27H35N3O3/c1-21(31)28-24-11-9-22(10-12-24)18-27(32)29-16-13-25(14-17-29)30-15-5-8-26(30)20-33-19-23-6-3-2-4-7-23/h2-4,6-7,9-12,25-26H,5,8,13-20H2,1H3,(H,28,31)/t26-/m0/s1. The van der Waals surface area contributed by atoms with Crippen LogP contribution in [-0.4, -0.2) is 59.9 Å². The Kier molecular flexibility index (Phi) is 8.13. The number of carbonyl (C=O) groups is 2. The number of likely N-dealkylation sites (tertiary alicyclic amines) is 2. The van der Waals surface area contributed by atoms with E-state index in [0.29, 0.717) is 25.1 Å². The molecule has 2 aliphatic rings. The van der Waals surface area contributed by atoms with Crippen molar-refractivity contribution >= 4 is 17.5 Å². The van der Waals surface area contributed by atoms with E-state index >= 15 is 0 Å². The van der Waals surface area contributed by atoms with Gasteiger partial charge >= 0.3 is 0 Å². The fourth-order valence-corrected chi connectivity index (χ4v) is 5.05. The van der Waals surface area contributed by atoms with E-state index in [1.807, 2.05) is 35.2 Å². The molecule has 0 aliphatic carbocycles. The number of anilines is 1. The molecular formula is C27H35N3O3. The molecule has 176 valence electrons. The SMILES string of the molecule is CC(=O)Nc1ccc(CC(=O)N2CCC(N3CCC[C@H]3COCc3ccccc3)CC2)cc1. The van der Waals surface area contributed by atoms with Crippen LogP contribution in [-0.2, 0) is 27.4 Å². The lowest BCUT2D eigenvalue weighted by Crippen LogP contribution is -2.49. The van der Waals surface area contributed by atoms with Gasteiger partial charge < -0.3 is 15.0 Å². The zero-order chi connectivity index (χ0) is 23.0. The smallest absolute Gasteiger partial charge is 0.226 e. The first-order valence-electron chi connectivity index (χ1n) is 12.1. The third-order valence-electron chi connectivity index (χ3n) is 6.76. The predicted octanol–water partition coefficient (Wildman–Crippen LogP) is 3.86. The summed E-state index contributed by atoms with van der Waals surface area (Å²) in [6, 6.07) is 18.9. The van der Waals surface area contributed by atoms with E-state index < -0.39 is 0 Å². The highest BCUT2D eigenvalue weighted by atomic mass is 16.5.